The smallest absolute Gasteiger partial charge is 0.326 e. The summed E-state index contributed by atoms with van der Waals surface area (Å²) in [5.41, 5.74) is 0.333. The molecule has 0 fully saturated rings. The summed E-state index contributed by atoms with van der Waals surface area (Å²) in [7, 11) is 3.14. The third-order valence-corrected chi connectivity index (χ3v) is 2.92. The Balaban J connectivity index is 2.56. The predicted octanol–water partition coefficient (Wildman–Crippen LogP) is 0.835. The standard InChI is InChI=1S/C16H22N2O5/c1-5-22-13-9-7-6-8-12(13)15(20)17-10-14(19)23-11(2)16(21)18(3)4/h6-9,11H,5,10H2,1-4H3,(H,17,20)/t11-/m1/s1. The molecule has 7 heteroatoms. The van der Waals surface area contributed by atoms with Crippen molar-refractivity contribution in [2.75, 3.05) is 27.2 Å². The molecule has 0 aromatic heterocycles. The van der Waals surface area contributed by atoms with E-state index in [0.717, 1.165) is 0 Å². The van der Waals surface area contributed by atoms with E-state index in [2.05, 4.69) is 5.32 Å². The molecule has 1 rings (SSSR count). The molecular weight excluding hydrogens is 300 g/mol. The molecule has 1 N–H and O–H groups in total. The maximum absolute atomic E-state index is 12.1. The van der Waals surface area contributed by atoms with E-state index in [1.807, 2.05) is 6.92 Å². The van der Waals surface area contributed by atoms with Crippen molar-refractivity contribution in [2.45, 2.75) is 20.0 Å². The van der Waals surface area contributed by atoms with Gasteiger partial charge in [0.05, 0.1) is 12.2 Å². The molecule has 1 aromatic carbocycles. The van der Waals surface area contributed by atoms with Crippen LogP contribution < -0.4 is 10.1 Å². The van der Waals surface area contributed by atoms with Gasteiger partial charge in [0, 0.05) is 14.1 Å². The molecule has 0 aliphatic rings. The number of carbonyl (C=O) groups is 3. The summed E-state index contributed by atoms with van der Waals surface area (Å²) in [6.07, 6.45) is -0.898. The van der Waals surface area contributed by atoms with Gasteiger partial charge in [-0.3, -0.25) is 14.4 Å². The number of nitrogens with zero attached hydrogens (tertiary/aromatic N) is 1. The van der Waals surface area contributed by atoms with Crippen LogP contribution in [-0.2, 0) is 14.3 Å². The predicted molar refractivity (Wildman–Crippen MR) is 84.2 cm³/mol. The molecule has 23 heavy (non-hydrogen) atoms. The topological polar surface area (TPSA) is 84.9 Å². The van der Waals surface area contributed by atoms with Crippen molar-refractivity contribution in [1.29, 1.82) is 0 Å². The third kappa shape index (κ3) is 5.61. The second kappa shape index (κ2) is 8.77. The third-order valence-electron chi connectivity index (χ3n) is 2.92. The largest absolute Gasteiger partial charge is 0.493 e. The number of benzene rings is 1. The van der Waals surface area contributed by atoms with Crippen LogP contribution in [0.15, 0.2) is 24.3 Å². The molecule has 0 bridgehead atoms. The highest BCUT2D eigenvalue weighted by Crippen LogP contribution is 2.17. The Morgan fingerprint density at radius 2 is 1.87 bits per heavy atom. The van der Waals surface area contributed by atoms with Crippen molar-refractivity contribution >= 4 is 17.8 Å². The number of amides is 2. The maximum atomic E-state index is 12.1. The van der Waals surface area contributed by atoms with Gasteiger partial charge >= 0.3 is 5.97 Å². The second-order valence-electron chi connectivity index (χ2n) is 4.98. The van der Waals surface area contributed by atoms with Crippen molar-refractivity contribution in [1.82, 2.24) is 10.2 Å². The van der Waals surface area contributed by atoms with Crippen LogP contribution in [0.1, 0.15) is 24.2 Å². The number of para-hydroxylation sites is 1. The zero-order valence-electron chi connectivity index (χ0n) is 13.8. The molecule has 0 radical (unpaired) electrons. The van der Waals surface area contributed by atoms with Crippen LogP contribution in [0, 0.1) is 0 Å². The van der Waals surface area contributed by atoms with Crippen LogP contribution in [0.4, 0.5) is 0 Å². The number of hydrogen-bond donors (Lipinski definition) is 1. The van der Waals surface area contributed by atoms with Gasteiger partial charge in [0.15, 0.2) is 6.10 Å². The Hall–Kier alpha value is -2.57. The fourth-order valence-electron chi connectivity index (χ4n) is 1.84. The minimum atomic E-state index is -0.898. The van der Waals surface area contributed by atoms with Gasteiger partial charge in [0.1, 0.15) is 12.3 Å². The van der Waals surface area contributed by atoms with Crippen molar-refractivity contribution in [3.63, 3.8) is 0 Å². The fraction of sp³-hybridized carbons (Fsp3) is 0.438. The van der Waals surface area contributed by atoms with Crippen molar-refractivity contribution < 1.29 is 23.9 Å². The van der Waals surface area contributed by atoms with Gasteiger partial charge in [-0.15, -0.1) is 0 Å². The maximum Gasteiger partial charge on any atom is 0.326 e. The Bertz CT molecular complexity index is 571. The van der Waals surface area contributed by atoms with E-state index in [0.29, 0.717) is 17.9 Å². The number of nitrogens with one attached hydrogen (secondary N) is 1. The normalized spacial score (nSPS) is 11.3. The first-order chi connectivity index (χ1) is 10.9. The summed E-state index contributed by atoms with van der Waals surface area (Å²) in [5.74, 6) is -1.02. The van der Waals surface area contributed by atoms with Gasteiger partial charge in [0.25, 0.3) is 11.8 Å². The average molecular weight is 322 g/mol. The van der Waals surface area contributed by atoms with Gasteiger partial charge in [-0.2, -0.15) is 0 Å². The van der Waals surface area contributed by atoms with Crippen LogP contribution in [0.3, 0.4) is 0 Å². The van der Waals surface area contributed by atoms with Crippen LogP contribution in [0.25, 0.3) is 0 Å². The van der Waals surface area contributed by atoms with Crippen molar-refractivity contribution in [3.8, 4) is 5.75 Å². The number of esters is 1. The Morgan fingerprint density at radius 3 is 2.48 bits per heavy atom. The minimum absolute atomic E-state index is 0.327. The lowest BCUT2D eigenvalue weighted by molar-refractivity contribution is -0.157. The Kier molecular flexibility index (Phi) is 7.05. The molecule has 0 saturated heterocycles. The number of hydrogen-bond acceptors (Lipinski definition) is 5. The van der Waals surface area contributed by atoms with Gasteiger partial charge in [-0.05, 0) is 26.0 Å². The number of likely N-dealkylation sites (N-methyl/N-ethyl adjacent to an activating group) is 1. The first-order valence-electron chi connectivity index (χ1n) is 7.27. The molecule has 0 spiro atoms. The molecule has 0 saturated carbocycles. The summed E-state index contributed by atoms with van der Waals surface area (Å²) in [5, 5.41) is 2.45. The van der Waals surface area contributed by atoms with E-state index in [-0.39, 0.29) is 12.5 Å². The van der Waals surface area contributed by atoms with Gasteiger partial charge in [-0.1, -0.05) is 12.1 Å². The summed E-state index contributed by atoms with van der Waals surface area (Å²) in [6.45, 7) is 3.39. The molecule has 0 aliphatic heterocycles. The molecule has 0 heterocycles. The molecule has 0 aliphatic carbocycles. The highest BCUT2D eigenvalue weighted by atomic mass is 16.5. The lowest BCUT2D eigenvalue weighted by Gasteiger charge is -2.17. The van der Waals surface area contributed by atoms with E-state index in [4.69, 9.17) is 9.47 Å². The SMILES string of the molecule is CCOc1ccccc1C(=O)NCC(=O)O[C@H](C)C(=O)N(C)C. The molecular formula is C16H22N2O5. The molecule has 7 nitrogen and oxygen atoms in total. The zero-order valence-corrected chi connectivity index (χ0v) is 13.8. The summed E-state index contributed by atoms with van der Waals surface area (Å²) in [6, 6.07) is 6.73. The number of ether oxygens (including phenoxy) is 2. The Morgan fingerprint density at radius 1 is 1.22 bits per heavy atom. The summed E-state index contributed by atoms with van der Waals surface area (Å²) < 4.78 is 10.3. The lowest BCUT2D eigenvalue weighted by atomic mass is 10.2. The summed E-state index contributed by atoms with van der Waals surface area (Å²) >= 11 is 0. The van der Waals surface area contributed by atoms with E-state index in [1.54, 1.807) is 38.4 Å². The first kappa shape index (κ1) is 18.5. The van der Waals surface area contributed by atoms with E-state index < -0.39 is 18.0 Å². The highest BCUT2D eigenvalue weighted by Gasteiger charge is 2.20. The number of carbonyl (C=O) groups excluding carboxylic acids is 3. The van der Waals surface area contributed by atoms with Gasteiger partial charge < -0.3 is 19.7 Å². The quantitative estimate of drug-likeness (QED) is 0.752. The summed E-state index contributed by atoms with van der Waals surface area (Å²) in [4.78, 5) is 36.7. The van der Waals surface area contributed by atoms with Gasteiger partial charge in [0.2, 0.25) is 0 Å². The van der Waals surface area contributed by atoms with E-state index >= 15 is 0 Å². The van der Waals surface area contributed by atoms with Crippen LogP contribution >= 0.6 is 0 Å². The average Bonchev–Trinajstić information content (AvgIpc) is 2.52. The fourth-order valence-corrected chi connectivity index (χ4v) is 1.84. The van der Waals surface area contributed by atoms with Crippen LogP contribution in [-0.4, -0.2) is 56.0 Å². The highest BCUT2D eigenvalue weighted by molar-refractivity contribution is 5.98. The zero-order chi connectivity index (χ0) is 17.4. The molecule has 1 aromatic rings. The van der Waals surface area contributed by atoms with Crippen molar-refractivity contribution in [3.05, 3.63) is 29.8 Å². The van der Waals surface area contributed by atoms with Crippen LogP contribution in [0.2, 0.25) is 0 Å². The molecule has 1 atom stereocenters. The molecule has 126 valence electrons. The van der Waals surface area contributed by atoms with Crippen molar-refractivity contribution in [2.24, 2.45) is 0 Å². The van der Waals surface area contributed by atoms with E-state index in [1.165, 1.54) is 11.8 Å². The lowest BCUT2D eigenvalue weighted by Crippen LogP contribution is -2.38. The number of rotatable bonds is 7. The Labute approximate surface area is 135 Å². The van der Waals surface area contributed by atoms with Gasteiger partial charge in [-0.25, -0.2) is 0 Å². The van der Waals surface area contributed by atoms with E-state index in [9.17, 15) is 14.4 Å². The minimum Gasteiger partial charge on any atom is -0.493 e. The second-order valence-corrected chi connectivity index (χ2v) is 4.98. The monoisotopic (exact) mass is 322 g/mol. The first-order valence-corrected chi connectivity index (χ1v) is 7.27. The molecule has 0 unspecified atom stereocenters. The van der Waals surface area contributed by atoms with Crippen LogP contribution in [0.5, 0.6) is 5.75 Å². The molecule has 2 amide bonds.